The predicted octanol–water partition coefficient (Wildman–Crippen LogP) is 6.19. The summed E-state index contributed by atoms with van der Waals surface area (Å²) < 4.78 is 30.5. The lowest BCUT2D eigenvalue weighted by atomic mass is 9.96. The Morgan fingerprint density at radius 2 is 1.88 bits per heavy atom. The molecule has 8 heteroatoms. The summed E-state index contributed by atoms with van der Waals surface area (Å²) in [6, 6.07) is 13.7. The number of aromatic nitrogens is 1. The van der Waals surface area contributed by atoms with Crippen molar-refractivity contribution in [3.63, 3.8) is 0 Å². The van der Waals surface area contributed by atoms with E-state index in [9.17, 15) is 13.7 Å². The van der Waals surface area contributed by atoms with Crippen molar-refractivity contribution >= 4 is 53.0 Å². The van der Waals surface area contributed by atoms with Gasteiger partial charge in [-0.3, -0.25) is 13.6 Å². The molecule has 0 amide bonds. The highest BCUT2D eigenvalue weighted by atomic mass is 79.9. The Morgan fingerprint density at radius 3 is 2.53 bits per heavy atom. The van der Waals surface area contributed by atoms with Crippen LogP contribution in [-0.2, 0) is 0 Å². The standard InChI is InChI=1S/C24H19BBrF2N3O/c1-15-13-20(10-6-17-14-18(26)7-11-22(17)32)31(25(27)28)24(15)23(21-3-2-12-30-21)16-4-8-19(29)9-5-16/h2-14,32H,29H2,1H3/b10-6+,23-21-. The number of aryl methyl sites for hydroxylation is 1. The van der Waals surface area contributed by atoms with Crippen LogP contribution < -0.4 is 5.73 Å². The summed E-state index contributed by atoms with van der Waals surface area (Å²) in [5.74, 6) is 0.0617. The lowest BCUT2D eigenvalue weighted by molar-refractivity contribution is 0.474. The van der Waals surface area contributed by atoms with Crippen molar-refractivity contribution in [2.45, 2.75) is 6.92 Å². The number of aliphatic imine (C=N–C) groups is 1. The highest BCUT2D eigenvalue weighted by Crippen LogP contribution is 2.35. The third-order valence-electron chi connectivity index (χ3n) is 5.12. The number of nitrogens with zero attached hydrogens (tertiary/aromatic N) is 2. The van der Waals surface area contributed by atoms with E-state index in [1.807, 2.05) is 0 Å². The zero-order valence-electron chi connectivity index (χ0n) is 17.1. The molecule has 0 unspecified atom stereocenters. The van der Waals surface area contributed by atoms with E-state index in [0.29, 0.717) is 39.5 Å². The van der Waals surface area contributed by atoms with Crippen molar-refractivity contribution in [2.75, 3.05) is 5.73 Å². The minimum atomic E-state index is -2.78. The summed E-state index contributed by atoms with van der Waals surface area (Å²) in [4.78, 5) is 4.37. The number of phenolic OH excluding ortho intramolecular Hbond substituents is 1. The van der Waals surface area contributed by atoms with Crippen molar-refractivity contribution in [1.82, 2.24) is 4.48 Å². The molecular weight excluding hydrogens is 475 g/mol. The number of rotatable bonds is 5. The molecule has 0 bridgehead atoms. The molecule has 1 aliphatic rings. The number of halogens is 3. The summed E-state index contributed by atoms with van der Waals surface area (Å²) in [5, 5.41) is 10.1. The molecule has 1 aromatic heterocycles. The van der Waals surface area contributed by atoms with Crippen molar-refractivity contribution < 1.29 is 13.7 Å². The molecule has 4 rings (SSSR count). The van der Waals surface area contributed by atoms with Gasteiger partial charge in [0.25, 0.3) is 0 Å². The Balaban J connectivity index is 1.90. The molecule has 0 atom stereocenters. The first-order chi connectivity index (χ1) is 15.3. The molecule has 0 aliphatic carbocycles. The highest BCUT2D eigenvalue weighted by molar-refractivity contribution is 9.10. The van der Waals surface area contributed by atoms with Crippen LogP contribution in [0.25, 0.3) is 17.7 Å². The fourth-order valence-corrected chi connectivity index (χ4v) is 4.05. The number of hydrogen-bond donors (Lipinski definition) is 2. The number of phenols is 1. The molecule has 0 fully saturated rings. The Bertz CT molecular complexity index is 1280. The maximum absolute atomic E-state index is 14.4. The zero-order valence-corrected chi connectivity index (χ0v) is 18.7. The van der Waals surface area contributed by atoms with Crippen LogP contribution in [0.5, 0.6) is 5.75 Å². The van der Waals surface area contributed by atoms with Gasteiger partial charge in [0, 0.05) is 38.9 Å². The lowest BCUT2D eigenvalue weighted by Crippen LogP contribution is -2.18. The van der Waals surface area contributed by atoms with Crippen LogP contribution in [0.4, 0.5) is 14.3 Å². The number of aromatic hydroxyl groups is 1. The molecule has 4 nitrogen and oxygen atoms in total. The first-order valence-corrected chi connectivity index (χ1v) is 10.6. The molecular formula is C24H19BBrF2N3O. The summed E-state index contributed by atoms with van der Waals surface area (Å²) in [6.45, 7) is 1.79. The summed E-state index contributed by atoms with van der Waals surface area (Å²) >= 11 is 3.36. The Labute approximate surface area is 193 Å². The SMILES string of the molecule is Cc1cc(/C=C/c2cc(Br)ccc2O)n(B(F)F)c1/C(=C1/C=CC=N1)c1ccc(N)cc1. The van der Waals surface area contributed by atoms with Crippen LogP contribution in [0.1, 0.15) is 28.1 Å². The van der Waals surface area contributed by atoms with Crippen molar-refractivity contribution in [3.05, 3.63) is 98.9 Å². The smallest absolute Gasteiger partial charge is 0.507 e. The van der Waals surface area contributed by atoms with Crippen molar-refractivity contribution in [1.29, 1.82) is 0 Å². The van der Waals surface area contributed by atoms with Gasteiger partial charge in [-0.15, -0.1) is 0 Å². The van der Waals surface area contributed by atoms with Gasteiger partial charge in [-0.05, 0) is 78.8 Å². The number of nitrogens with two attached hydrogens (primary N) is 1. The van der Waals surface area contributed by atoms with Gasteiger partial charge >= 0.3 is 7.40 Å². The van der Waals surface area contributed by atoms with Crippen LogP contribution in [-0.4, -0.2) is 23.2 Å². The topological polar surface area (TPSA) is 63.5 Å². The van der Waals surface area contributed by atoms with Crippen molar-refractivity contribution in [2.24, 2.45) is 4.99 Å². The van der Waals surface area contributed by atoms with Crippen LogP contribution >= 0.6 is 15.9 Å². The highest BCUT2D eigenvalue weighted by Gasteiger charge is 2.28. The predicted molar refractivity (Wildman–Crippen MR) is 132 cm³/mol. The van der Waals surface area contributed by atoms with Crippen molar-refractivity contribution in [3.8, 4) is 5.75 Å². The van der Waals surface area contributed by atoms with E-state index in [0.717, 1.165) is 14.5 Å². The van der Waals surface area contributed by atoms with E-state index in [4.69, 9.17) is 5.73 Å². The number of nitrogen functional groups attached to an aromatic ring is 1. The van der Waals surface area contributed by atoms with Gasteiger partial charge in [0.05, 0.1) is 5.70 Å². The fraction of sp³-hybridized carbons (Fsp3) is 0.0417. The van der Waals surface area contributed by atoms with Gasteiger partial charge in [-0.2, -0.15) is 0 Å². The minimum absolute atomic E-state index is 0.0617. The molecule has 2 heterocycles. The second-order valence-corrected chi connectivity index (χ2v) is 8.22. The molecule has 3 N–H and O–H groups in total. The van der Waals surface area contributed by atoms with Crippen LogP contribution in [0.2, 0.25) is 0 Å². The summed E-state index contributed by atoms with van der Waals surface area (Å²) in [6.07, 6.45) is 8.39. The Morgan fingerprint density at radius 1 is 1.12 bits per heavy atom. The second-order valence-electron chi connectivity index (χ2n) is 7.30. The maximum atomic E-state index is 14.4. The number of hydrogen-bond acceptors (Lipinski definition) is 3. The zero-order chi connectivity index (χ0) is 22.8. The van der Waals surface area contributed by atoms with Gasteiger partial charge in [0.15, 0.2) is 0 Å². The molecule has 0 spiro atoms. The molecule has 0 saturated carbocycles. The van der Waals surface area contributed by atoms with E-state index < -0.39 is 7.40 Å². The van der Waals surface area contributed by atoms with Gasteiger partial charge in [0.1, 0.15) is 5.75 Å². The van der Waals surface area contributed by atoms with Crippen LogP contribution in [0.3, 0.4) is 0 Å². The van der Waals surface area contributed by atoms with E-state index in [-0.39, 0.29) is 5.75 Å². The number of anilines is 1. The third kappa shape index (κ3) is 4.32. The normalized spacial score (nSPS) is 14.5. The molecule has 2 aromatic carbocycles. The average Bonchev–Trinajstić information content (AvgIpc) is 3.39. The van der Waals surface area contributed by atoms with Crippen LogP contribution in [0.15, 0.2) is 75.8 Å². The molecule has 160 valence electrons. The van der Waals surface area contributed by atoms with Gasteiger partial charge in [-0.25, -0.2) is 0 Å². The van der Waals surface area contributed by atoms with E-state index in [1.165, 1.54) is 0 Å². The lowest BCUT2D eigenvalue weighted by Gasteiger charge is -2.15. The average molecular weight is 494 g/mol. The monoisotopic (exact) mass is 493 g/mol. The summed E-state index contributed by atoms with van der Waals surface area (Å²) in [7, 11) is -2.78. The van der Waals surface area contributed by atoms with Gasteiger partial charge in [-0.1, -0.05) is 28.1 Å². The van der Waals surface area contributed by atoms with E-state index >= 15 is 0 Å². The second kappa shape index (κ2) is 9.00. The first-order valence-electron chi connectivity index (χ1n) is 9.83. The fourth-order valence-electron chi connectivity index (χ4n) is 3.67. The van der Waals surface area contributed by atoms with E-state index in [2.05, 4.69) is 20.9 Å². The number of benzene rings is 2. The van der Waals surface area contributed by atoms with Gasteiger partial charge < -0.3 is 15.3 Å². The van der Waals surface area contributed by atoms with E-state index in [1.54, 1.807) is 86.0 Å². The Hall–Kier alpha value is -3.39. The molecule has 0 radical (unpaired) electrons. The molecule has 1 aliphatic heterocycles. The number of allylic oxidation sites excluding steroid dienone is 2. The minimum Gasteiger partial charge on any atom is -0.507 e. The molecule has 32 heavy (non-hydrogen) atoms. The largest absolute Gasteiger partial charge is 0.678 e. The third-order valence-corrected chi connectivity index (χ3v) is 5.61. The summed E-state index contributed by atoms with van der Waals surface area (Å²) in [5.41, 5.74) is 10.2. The Kier molecular flexibility index (Phi) is 6.14. The molecule has 0 saturated heterocycles. The van der Waals surface area contributed by atoms with Crippen LogP contribution in [0, 0.1) is 6.92 Å². The maximum Gasteiger partial charge on any atom is 0.678 e. The quantitative estimate of drug-likeness (QED) is 0.329. The molecule has 3 aromatic rings. The first kappa shape index (κ1) is 21.8. The van der Waals surface area contributed by atoms with Gasteiger partial charge in [0.2, 0.25) is 0 Å².